The fourth-order valence-corrected chi connectivity index (χ4v) is 1.57. The summed E-state index contributed by atoms with van der Waals surface area (Å²) in [6, 6.07) is 7.97. The predicted molar refractivity (Wildman–Crippen MR) is 63.1 cm³/mol. The van der Waals surface area contributed by atoms with Crippen LogP contribution in [0.4, 0.5) is 5.69 Å². The van der Waals surface area contributed by atoms with Gasteiger partial charge in [0.2, 0.25) is 0 Å². The average Bonchev–Trinajstić information content (AvgIpc) is 2.31. The van der Waals surface area contributed by atoms with Crippen LogP contribution in [0, 0.1) is 0 Å². The summed E-state index contributed by atoms with van der Waals surface area (Å²) >= 11 is 0. The van der Waals surface area contributed by atoms with E-state index in [1.54, 1.807) is 7.11 Å². The molecule has 1 N–H and O–H groups in total. The van der Waals surface area contributed by atoms with Crippen molar-refractivity contribution in [2.24, 2.45) is 0 Å². The van der Waals surface area contributed by atoms with E-state index in [2.05, 4.69) is 23.5 Å². The van der Waals surface area contributed by atoms with E-state index < -0.39 is 0 Å². The minimum atomic E-state index is 0.887. The molecule has 0 saturated carbocycles. The van der Waals surface area contributed by atoms with Crippen LogP contribution in [0.2, 0.25) is 0 Å². The van der Waals surface area contributed by atoms with E-state index in [1.165, 1.54) is 5.70 Å². The topological polar surface area (TPSA) is 21.3 Å². The largest absolute Gasteiger partial charge is 0.497 e. The third kappa shape index (κ3) is 2.62. The van der Waals surface area contributed by atoms with Crippen molar-refractivity contribution in [3.8, 4) is 5.75 Å². The Morgan fingerprint density at radius 3 is 2.60 bits per heavy atom. The van der Waals surface area contributed by atoms with E-state index in [9.17, 15) is 0 Å². The van der Waals surface area contributed by atoms with Crippen LogP contribution in [0.5, 0.6) is 5.75 Å². The molecule has 1 aliphatic carbocycles. The molecular weight excluding hydrogens is 186 g/mol. The normalized spacial score (nSPS) is 14.6. The number of nitrogens with one attached hydrogen (secondary N) is 1. The van der Waals surface area contributed by atoms with Crippen molar-refractivity contribution in [2.45, 2.75) is 12.8 Å². The van der Waals surface area contributed by atoms with Crippen molar-refractivity contribution in [2.75, 3.05) is 12.4 Å². The molecule has 1 aliphatic rings. The summed E-state index contributed by atoms with van der Waals surface area (Å²) in [6.07, 6.45) is 8.60. The van der Waals surface area contributed by atoms with Crippen molar-refractivity contribution in [3.63, 3.8) is 0 Å². The minimum Gasteiger partial charge on any atom is -0.497 e. The first kappa shape index (κ1) is 9.84. The lowest BCUT2D eigenvalue weighted by molar-refractivity contribution is 0.415. The number of rotatable bonds is 3. The van der Waals surface area contributed by atoms with E-state index in [0.717, 1.165) is 24.3 Å². The van der Waals surface area contributed by atoms with E-state index in [4.69, 9.17) is 4.74 Å². The van der Waals surface area contributed by atoms with Crippen LogP contribution in [0.1, 0.15) is 12.8 Å². The summed E-state index contributed by atoms with van der Waals surface area (Å²) in [4.78, 5) is 0. The molecule has 0 radical (unpaired) electrons. The Kier molecular flexibility index (Phi) is 3.08. The standard InChI is InChI=1S/C13H15NO/c1-15-13-9-7-12(8-10-13)14-11-5-3-2-4-6-11/h2-3,5,7-10,14H,4,6H2,1H3. The molecule has 0 heterocycles. The number of methoxy groups -OCH3 is 1. The van der Waals surface area contributed by atoms with Crippen LogP contribution >= 0.6 is 0 Å². The molecule has 2 nitrogen and oxygen atoms in total. The van der Waals surface area contributed by atoms with Gasteiger partial charge in [-0.3, -0.25) is 0 Å². The van der Waals surface area contributed by atoms with Crippen LogP contribution in [0.25, 0.3) is 0 Å². The predicted octanol–water partition coefficient (Wildman–Crippen LogP) is 3.34. The third-order valence-electron chi connectivity index (χ3n) is 2.41. The van der Waals surface area contributed by atoms with Crippen molar-refractivity contribution in [1.82, 2.24) is 0 Å². The Morgan fingerprint density at radius 2 is 2.00 bits per heavy atom. The van der Waals surface area contributed by atoms with Crippen LogP contribution in [0.15, 0.2) is 48.2 Å². The van der Waals surface area contributed by atoms with Crippen molar-refractivity contribution in [1.29, 1.82) is 0 Å². The van der Waals surface area contributed by atoms with E-state index >= 15 is 0 Å². The summed E-state index contributed by atoms with van der Waals surface area (Å²) < 4.78 is 5.11. The molecule has 0 bridgehead atoms. The van der Waals surface area contributed by atoms with Gasteiger partial charge < -0.3 is 10.1 Å². The minimum absolute atomic E-state index is 0.887. The Balaban J connectivity index is 2.04. The molecule has 0 saturated heterocycles. The highest BCUT2D eigenvalue weighted by molar-refractivity contribution is 5.51. The number of anilines is 1. The third-order valence-corrected chi connectivity index (χ3v) is 2.41. The zero-order valence-corrected chi connectivity index (χ0v) is 8.86. The van der Waals surface area contributed by atoms with Gasteiger partial charge in [0.1, 0.15) is 5.75 Å². The average molecular weight is 201 g/mol. The van der Waals surface area contributed by atoms with Gasteiger partial charge in [0.15, 0.2) is 0 Å². The number of benzene rings is 1. The van der Waals surface area contributed by atoms with Gasteiger partial charge in [-0.05, 0) is 43.2 Å². The molecule has 0 aromatic heterocycles. The molecule has 1 aromatic carbocycles. The first-order chi connectivity index (χ1) is 7.38. The lowest BCUT2D eigenvalue weighted by atomic mass is 10.1. The first-order valence-electron chi connectivity index (χ1n) is 5.15. The van der Waals surface area contributed by atoms with Crippen LogP contribution in [-0.2, 0) is 0 Å². The monoisotopic (exact) mass is 201 g/mol. The highest BCUT2D eigenvalue weighted by Gasteiger charge is 2.00. The summed E-state index contributed by atoms with van der Waals surface area (Å²) in [5.74, 6) is 0.887. The van der Waals surface area contributed by atoms with Crippen molar-refractivity contribution < 1.29 is 4.74 Å². The highest BCUT2D eigenvalue weighted by Crippen LogP contribution is 2.19. The second-order valence-electron chi connectivity index (χ2n) is 3.51. The molecule has 0 amide bonds. The van der Waals surface area contributed by atoms with Gasteiger partial charge >= 0.3 is 0 Å². The van der Waals surface area contributed by atoms with Crippen LogP contribution in [0.3, 0.4) is 0 Å². The molecule has 78 valence electrons. The fourth-order valence-electron chi connectivity index (χ4n) is 1.57. The Bertz CT molecular complexity index is 376. The Hall–Kier alpha value is -1.70. The van der Waals surface area contributed by atoms with Gasteiger partial charge in [-0.2, -0.15) is 0 Å². The number of allylic oxidation sites excluding steroid dienone is 4. The Labute approximate surface area is 90.3 Å². The first-order valence-corrected chi connectivity index (χ1v) is 5.15. The van der Waals surface area contributed by atoms with Crippen LogP contribution < -0.4 is 10.1 Å². The molecule has 0 aliphatic heterocycles. The SMILES string of the molecule is COc1ccc(NC2=CC=CCC2)cc1. The van der Waals surface area contributed by atoms with Crippen molar-refractivity contribution >= 4 is 5.69 Å². The molecule has 0 atom stereocenters. The zero-order chi connectivity index (χ0) is 10.5. The quantitative estimate of drug-likeness (QED) is 0.809. The molecule has 0 spiro atoms. The number of hydrogen-bond donors (Lipinski definition) is 1. The number of hydrogen-bond acceptors (Lipinski definition) is 2. The van der Waals surface area contributed by atoms with E-state index in [-0.39, 0.29) is 0 Å². The molecule has 0 unspecified atom stereocenters. The molecular formula is C13H15NO. The Morgan fingerprint density at radius 1 is 1.20 bits per heavy atom. The lowest BCUT2D eigenvalue weighted by Gasteiger charge is -2.12. The van der Waals surface area contributed by atoms with Gasteiger partial charge in [0, 0.05) is 11.4 Å². The van der Waals surface area contributed by atoms with Gasteiger partial charge in [0.25, 0.3) is 0 Å². The van der Waals surface area contributed by atoms with Crippen molar-refractivity contribution in [3.05, 3.63) is 48.2 Å². The maximum atomic E-state index is 5.11. The summed E-state index contributed by atoms with van der Waals surface area (Å²) in [6.45, 7) is 0. The zero-order valence-electron chi connectivity index (χ0n) is 8.86. The molecule has 0 fully saturated rings. The van der Waals surface area contributed by atoms with E-state index in [0.29, 0.717) is 0 Å². The smallest absolute Gasteiger partial charge is 0.119 e. The molecule has 15 heavy (non-hydrogen) atoms. The van der Waals surface area contributed by atoms with Gasteiger partial charge in [-0.15, -0.1) is 0 Å². The van der Waals surface area contributed by atoms with Gasteiger partial charge in [0.05, 0.1) is 7.11 Å². The fraction of sp³-hybridized carbons (Fsp3) is 0.231. The summed E-state index contributed by atoms with van der Waals surface area (Å²) in [5, 5.41) is 3.39. The van der Waals surface area contributed by atoms with Gasteiger partial charge in [-0.1, -0.05) is 12.2 Å². The maximum absolute atomic E-state index is 5.11. The highest BCUT2D eigenvalue weighted by atomic mass is 16.5. The second kappa shape index (κ2) is 4.69. The summed E-state index contributed by atoms with van der Waals surface area (Å²) in [7, 11) is 1.68. The van der Waals surface area contributed by atoms with Crippen LogP contribution in [-0.4, -0.2) is 7.11 Å². The molecule has 2 heteroatoms. The van der Waals surface area contributed by atoms with Gasteiger partial charge in [-0.25, -0.2) is 0 Å². The molecule has 2 rings (SSSR count). The van der Waals surface area contributed by atoms with E-state index in [1.807, 2.05) is 24.3 Å². The lowest BCUT2D eigenvalue weighted by Crippen LogP contribution is -2.00. The number of ether oxygens (including phenoxy) is 1. The summed E-state index contributed by atoms with van der Waals surface area (Å²) in [5.41, 5.74) is 2.38. The second-order valence-corrected chi connectivity index (χ2v) is 3.51. The maximum Gasteiger partial charge on any atom is 0.119 e. The molecule has 1 aromatic rings.